The molecule has 0 saturated carbocycles. The van der Waals surface area contributed by atoms with Gasteiger partial charge in [0.2, 0.25) is 0 Å². The number of carbonyl (C=O) groups excluding carboxylic acids is 1. The molecule has 0 atom stereocenters. The summed E-state index contributed by atoms with van der Waals surface area (Å²) in [4.78, 5) is 14.7. The van der Waals surface area contributed by atoms with Gasteiger partial charge in [0, 0.05) is 26.7 Å². The zero-order valence-electron chi connectivity index (χ0n) is 8.36. The number of urea groups is 1. The van der Waals surface area contributed by atoms with Gasteiger partial charge >= 0.3 is 6.03 Å². The maximum atomic E-state index is 11.5. The van der Waals surface area contributed by atoms with E-state index in [1.807, 2.05) is 6.92 Å². The van der Waals surface area contributed by atoms with Gasteiger partial charge in [-0.15, -0.1) is 6.58 Å². The minimum atomic E-state index is -0.0727. The molecular weight excluding hydrogens is 168 g/mol. The van der Waals surface area contributed by atoms with E-state index in [0.29, 0.717) is 19.6 Å². The Bertz CT molecular complexity index is 171. The second kappa shape index (κ2) is 6.48. The van der Waals surface area contributed by atoms with Crippen LogP contribution in [0.5, 0.6) is 0 Å². The van der Waals surface area contributed by atoms with Crippen molar-refractivity contribution in [1.82, 2.24) is 9.80 Å². The molecule has 0 aromatic rings. The first-order valence-corrected chi connectivity index (χ1v) is 4.39. The molecule has 76 valence electrons. The lowest BCUT2D eigenvalue weighted by Gasteiger charge is -2.25. The van der Waals surface area contributed by atoms with E-state index in [-0.39, 0.29) is 12.6 Å². The molecule has 0 aromatic carbocycles. The van der Waals surface area contributed by atoms with Crippen LogP contribution in [0.1, 0.15) is 6.92 Å². The molecule has 0 radical (unpaired) electrons. The third kappa shape index (κ3) is 3.94. The van der Waals surface area contributed by atoms with Gasteiger partial charge < -0.3 is 14.9 Å². The Balaban J connectivity index is 4.17. The van der Waals surface area contributed by atoms with Gasteiger partial charge in [0.15, 0.2) is 0 Å². The summed E-state index contributed by atoms with van der Waals surface area (Å²) < 4.78 is 0. The molecule has 0 saturated heterocycles. The lowest BCUT2D eigenvalue weighted by molar-refractivity contribution is 0.155. The summed E-state index contributed by atoms with van der Waals surface area (Å²) in [6.45, 7) is 6.94. The molecule has 4 heteroatoms. The third-order valence-electron chi connectivity index (χ3n) is 1.79. The van der Waals surface area contributed by atoms with Crippen molar-refractivity contribution >= 4 is 6.03 Å². The monoisotopic (exact) mass is 186 g/mol. The number of hydrogen-bond acceptors (Lipinski definition) is 2. The van der Waals surface area contributed by atoms with Gasteiger partial charge in [-0.2, -0.15) is 0 Å². The molecule has 0 aliphatic rings. The topological polar surface area (TPSA) is 43.8 Å². The van der Waals surface area contributed by atoms with Crippen LogP contribution >= 0.6 is 0 Å². The van der Waals surface area contributed by atoms with Crippen molar-refractivity contribution in [2.45, 2.75) is 6.92 Å². The summed E-state index contributed by atoms with van der Waals surface area (Å²) >= 11 is 0. The van der Waals surface area contributed by atoms with Gasteiger partial charge in [0.1, 0.15) is 0 Å². The van der Waals surface area contributed by atoms with Crippen molar-refractivity contribution in [3.8, 4) is 0 Å². The highest BCUT2D eigenvalue weighted by atomic mass is 16.3. The largest absolute Gasteiger partial charge is 0.395 e. The number of aliphatic hydroxyl groups is 1. The van der Waals surface area contributed by atoms with E-state index >= 15 is 0 Å². The van der Waals surface area contributed by atoms with Crippen LogP contribution in [0.2, 0.25) is 0 Å². The molecule has 2 amide bonds. The highest BCUT2D eigenvalue weighted by molar-refractivity contribution is 5.74. The SMILES string of the molecule is C=CCN(CCO)C(=O)N(C)CC. The Morgan fingerprint density at radius 2 is 2.23 bits per heavy atom. The summed E-state index contributed by atoms with van der Waals surface area (Å²) in [6.07, 6.45) is 1.65. The molecule has 0 aliphatic carbocycles. The smallest absolute Gasteiger partial charge is 0.320 e. The molecule has 0 aromatic heterocycles. The minimum absolute atomic E-state index is 0.0167. The fourth-order valence-electron chi connectivity index (χ4n) is 0.918. The van der Waals surface area contributed by atoms with Crippen LogP contribution in [0.15, 0.2) is 12.7 Å². The van der Waals surface area contributed by atoms with Crippen molar-refractivity contribution in [2.75, 3.05) is 33.3 Å². The van der Waals surface area contributed by atoms with Gasteiger partial charge in [0.25, 0.3) is 0 Å². The lowest BCUT2D eigenvalue weighted by Crippen LogP contribution is -2.42. The van der Waals surface area contributed by atoms with Crippen LogP contribution < -0.4 is 0 Å². The van der Waals surface area contributed by atoms with E-state index in [0.717, 1.165) is 0 Å². The summed E-state index contributed by atoms with van der Waals surface area (Å²) in [7, 11) is 1.73. The molecule has 0 spiro atoms. The molecule has 0 unspecified atom stereocenters. The first-order chi connectivity index (χ1) is 6.17. The molecule has 0 rings (SSSR count). The number of amides is 2. The molecule has 0 heterocycles. The number of rotatable bonds is 5. The van der Waals surface area contributed by atoms with Crippen LogP contribution in [0.3, 0.4) is 0 Å². The fraction of sp³-hybridized carbons (Fsp3) is 0.667. The molecule has 0 fully saturated rings. The number of carbonyl (C=O) groups is 1. The Hall–Kier alpha value is -1.03. The number of aliphatic hydroxyl groups excluding tert-OH is 1. The second-order valence-corrected chi connectivity index (χ2v) is 2.76. The van der Waals surface area contributed by atoms with Gasteiger partial charge in [0.05, 0.1) is 6.61 Å². The van der Waals surface area contributed by atoms with Crippen LogP contribution in [-0.4, -0.2) is 54.2 Å². The van der Waals surface area contributed by atoms with Crippen LogP contribution in [0, 0.1) is 0 Å². The highest BCUT2D eigenvalue weighted by Crippen LogP contribution is 1.96. The number of hydrogen-bond donors (Lipinski definition) is 1. The Kier molecular flexibility index (Phi) is 5.97. The molecular formula is C9H18N2O2. The van der Waals surface area contributed by atoms with E-state index < -0.39 is 0 Å². The lowest BCUT2D eigenvalue weighted by atomic mass is 10.4. The zero-order valence-corrected chi connectivity index (χ0v) is 8.36. The first kappa shape index (κ1) is 12.0. The average Bonchev–Trinajstić information content (AvgIpc) is 2.15. The highest BCUT2D eigenvalue weighted by Gasteiger charge is 2.14. The minimum Gasteiger partial charge on any atom is -0.395 e. The third-order valence-corrected chi connectivity index (χ3v) is 1.79. The maximum Gasteiger partial charge on any atom is 0.320 e. The maximum absolute atomic E-state index is 11.5. The quantitative estimate of drug-likeness (QED) is 0.637. The van der Waals surface area contributed by atoms with Crippen molar-refractivity contribution in [1.29, 1.82) is 0 Å². The average molecular weight is 186 g/mol. The standard InChI is InChI=1S/C9H18N2O2/c1-4-6-11(7-8-12)9(13)10(3)5-2/h4,12H,1,5-8H2,2-3H3. The van der Waals surface area contributed by atoms with Crippen LogP contribution in [0.25, 0.3) is 0 Å². The predicted octanol–water partition coefficient (Wildman–Crippen LogP) is 0.538. The molecule has 1 N–H and O–H groups in total. The summed E-state index contributed by atoms with van der Waals surface area (Å²) in [5.41, 5.74) is 0. The van der Waals surface area contributed by atoms with Crippen molar-refractivity contribution in [2.24, 2.45) is 0 Å². The summed E-state index contributed by atoms with van der Waals surface area (Å²) in [6, 6.07) is -0.0727. The van der Waals surface area contributed by atoms with E-state index in [4.69, 9.17) is 5.11 Å². The molecule has 13 heavy (non-hydrogen) atoms. The van der Waals surface area contributed by atoms with Crippen LogP contribution in [-0.2, 0) is 0 Å². The number of nitrogens with zero attached hydrogens (tertiary/aromatic N) is 2. The van der Waals surface area contributed by atoms with E-state index in [2.05, 4.69) is 6.58 Å². The predicted molar refractivity (Wildman–Crippen MR) is 52.6 cm³/mol. The van der Waals surface area contributed by atoms with Crippen molar-refractivity contribution in [3.05, 3.63) is 12.7 Å². The van der Waals surface area contributed by atoms with E-state index in [9.17, 15) is 4.79 Å². The Labute approximate surface area is 79.4 Å². The molecule has 4 nitrogen and oxygen atoms in total. The Morgan fingerprint density at radius 1 is 1.62 bits per heavy atom. The first-order valence-electron chi connectivity index (χ1n) is 4.39. The van der Waals surface area contributed by atoms with Crippen molar-refractivity contribution < 1.29 is 9.90 Å². The molecule has 0 bridgehead atoms. The van der Waals surface area contributed by atoms with Gasteiger partial charge in [-0.25, -0.2) is 4.79 Å². The van der Waals surface area contributed by atoms with E-state index in [1.165, 1.54) is 0 Å². The molecule has 0 aliphatic heterocycles. The van der Waals surface area contributed by atoms with E-state index in [1.54, 1.807) is 22.9 Å². The fourth-order valence-corrected chi connectivity index (χ4v) is 0.918. The summed E-state index contributed by atoms with van der Waals surface area (Å²) in [5.74, 6) is 0. The summed E-state index contributed by atoms with van der Waals surface area (Å²) in [5, 5.41) is 8.72. The Morgan fingerprint density at radius 3 is 2.62 bits per heavy atom. The normalized spacial score (nSPS) is 9.46. The van der Waals surface area contributed by atoms with Crippen molar-refractivity contribution in [3.63, 3.8) is 0 Å². The van der Waals surface area contributed by atoms with Crippen LogP contribution in [0.4, 0.5) is 4.79 Å². The second-order valence-electron chi connectivity index (χ2n) is 2.76. The van der Waals surface area contributed by atoms with Gasteiger partial charge in [-0.05, 0) is 6.92 Å². The zero-order chi connectivity index (χ0) is 10.3. The van der Waals surface area contributed by atoms with Gasteiger partial charge in [-0.1, -0.05) is 6.08 Å². The van der Waals surface area contributed by atoms with Gasteiger partial charge in [-0.3, -0.25) is 0 Å².